The van der Waals surface area contributed by atoms with Crippen LogP contribution in [0.5, 0.6) is 0 Å². The number of aryl methyl sites for hydroxylation is 1. The van der Waals surface area contributed by atoms with Gasteiger partial charge in [0.1, 0.15) is 0 Å². The summed E-state index contributed by atoms with van der Waals surface area (Å²) in [5, 5.41) is 8.78. The van der Waals surface area contributed by atoms with Crippen LogP contribution in [-0.4, -0.2) is 31.8 Å². The highest BCUT2D eigenvalue weighted by Crippen LogP contribution is 2.20. The molecule has 0 unspecified atom stereocenters. The van der Waals surface area contributed by atoms with Gasteiger partial charge in [0.15, 0.2) is 0 Å². The van der Waals surface area contributed by atoms with Gasteiger partial charge in [-0.1, -0.05) is 31.5 Å². The first kappa shape index (κ1) is 16.5. The molecule has 0 aliphatic rings. The molecule has 1 aromatic rings. The Morgan fingerprint density at radius 3 is 2.25 bits per heavy atom. The van der Waals surface area contributed by atoms with Gasteiger partial charge in [-0.25, -0.2) is 8.42 Å². The lowest BCUT2D eigenvalue weighted by Gasteiger charge is -2.25. The van der Waals surface area contributed by atoms with Crippen molar-refractivity contribution >= 4 is 21.7 Å². The summed E-state index contributed by atoms with van der Waals surface area (Å²) >= 11 is 0. The van der Waals surface area contributed by atoms with Gasteiger partial charge >= 0.3 is 5.97 Å². The van der Waals surface area contributed by atoms with Crippen LogP contribution in [0.2, 0.25) is 0 Å². The lowest BCUT2D eigenvalue weighted by atomic mass is 10.2. The van der Waals surface area contributed by atoms with Crippen molar-refractivity contribution in [3.8, 4) is 0 Å². The van der Waals surface area contributed by atoms with E-state index in [0.717, 1.165) is 5.56 Å². The fourth-order valence-electron chi connectivity index (χ4n) is 1.85. The highest BCUT2D eigenvalue weighted by atomic mass is 32.2. The number of anilines is 1. The number of hydrogen-bond donors (Lipinski definition) is 1. The maximum absolute atomic E-state index is 12.4. The Balaban J connectivity index is 3.07. The van der Waals surface area contributed by atoms with Crippen molar-refractivity contribution in [1.82, 2.24) is 0 Å². The van der Waals surface area contributed by atoms with Gasteiger partial charge in [-0.3, -0.25) is 9.10 Å². The second-order valence-electron chi connectivity index (χ2n) is 5.22. The lowest BCUT2D eigenvalue weighted by Crippen LogP contribution is -2.36. The molecule has 0 atom stereocenters. The summed E-state index contributed by atoms with van der Waals surface area (Å²) in [6, 6.07) is 7.03. The lowest BCUT2D eigenvalue weighted by molar-refractivity contribution is -0.136. The fraction of sp³-hybridized carbons (Fsp3) is 0.500. The first-order valence-corrected chi connectivity index (χ1v) is 8.12. The number of hydrogen-bond acceptors (Lipinski definition) is 3. The van der Waals surface area contributed by atoms with E-state index >= 15 is 0 Å². The van der Waals surface area contributed by atoms with E-state index in [2.05, 4.69) is 0 Å². The first-order valence-electron chi connectivity index (χ1n) is 6.51. The molecule has 0 aliphatic heterocycles. The molecule has 20 heavy (non-hydrogen) atoms. The molecule has 0 heterocycles. The van der Waals surface area contributed by atoms with Crippen LogP contribution in [-0.2, 0) is 14.8 Å². The minimum Gasteiger partial charge on any atom is -0.481 e. The molecule has 6 heteroatoms. The van der Waals surface area contributed by atoms with Gasteiger partial charge in [-0.15, -0.1) is 0 Å². The van der Waals surface area contributed by atoms with Gasteiger partial charge < -0.3 is 5.11 Å². The van der Waals surface area contributed by atoms with Gasteiger partial charge in [0, 0.05) is 6.54 Å². The zero-order valence-corrected chi connectivity index (χ0v) is 12.9. The average Bonchev–Trinajstić information content (AvgIpc) is 2.29. The number of benzene rings is 1. The molecule has 1 N–H and O–H groups in total. The van der Waals surface area contributed by atoms with Crippen LogP contribution < -0.4 is 4.31 Å². The van der Waals surface area contributed by atoms with Crippen molar-refractivity contribution in [2.45, 2.75) is 27.2 Å². The molecule has 0 fully saturated rings. The summed E-state index contributed by atoms with van der Waals surface area (Å²) in [7, 11) is -3.51. The number of rotatable bonds is 7. The molecule has 0 aromatic heterocycles. The van der Waals surface area contributed by atoms with Gasteiger partial charge in [0.2, 0.25) is 10.0 Å². The van der Waals surface area contributed by atoms with E-state index in [0.29, 0.717) is 5.69 Å². The van der Waals surface area contributed by atoms with E-state index in [1.54, 1.807) is 12.1 Å². The van der Waals surface area contributed by atoms with Crippen LogP contribution in [0.4, 0.5) is 5.69 Å². The number of carboxylic acids is 1. The van der Waals surface area contributed by atoms with E-state index in [-0.39, 0.29) is 24.6 Å². The third-order valence-electron chi connectivity index (χ3n) is 2.73. The second kappa shape index (κ2) is 6.74. The van der Waals surface area contributed by atoms with E-state index < -0.39 is 16.0 Å². The SMILES string of the molecule is Cc1ccc(N(CCC(=O)O)S(=O)(=O)CC(C)C)cc1. The molecule has 1 rings (SSSR count). The van der Waals surface area contributed by atoms with Gasteiger partial charge in [0.05, 0.1) is 17.9 Å². The monoisotopic (exact) mass is 299 g/mol. The Labute approximate surface area is 120 Å². The third kappa shape index (κ3) is 4.85. The number of sulfonamides is 1. The Morgan fingerprint density at radius 2 is 1.80 bits per heavy atom. The quantitative estimate of drug-likeness (QED) is 0.838. The maximum Gasteiger partial charge on any atom is 0.305 e. The molecule has 0 spiro atoms. The number of carbonyl (C=O) groups is 1. The fourth-order valence-corrected chi connectivity index (χ4v) is 3.68. The highest BCUT2D eigenvalue weighted by Gasteiger charge is 2.24. The third-order valence-corrected chi connectivity index (χ3v) is 4.88. The Kier molecular flexibility index (Phi) is 5.56. The predicted molar refractivity (Wildman–Crippen MR) is 79.4 cm³/mol. The summed E-state index contributed by atoms with van der Waals surface area (Å²) in [4.78, 5) is 10.7. The van der Waals surface area contributed by atoms with Crippen LogP contribution in [0.25, 0.3) is 0 Å². The minimum absolute atomic E-state index is 0.000492. The molecule has 0 amide bonds. The molecule has 0 radical (unpaired) electrons. The summed E-state index contributed by atoms with van der Waals surface area (Å²) in [5.41, 5.74) is 1.53. The standard InChI is InChI=1S/C14H21NO4S/c1-11(2)10-20(18,19)15(9-8-14(16)17)13-6-4-12(3)5-7-13/h4-7,11H,8-10H2,1-3H3,(H,16,17). The Morgan fingerprint density at radius 1 is 1.25 bits per heavy atom. The summed E-state index contributed by atoms with van der Waals surface area (Å²) in [6.45, 7) is 5.51. The van der Waals surface area contributed by atoms with Gasteiger partial charge in [-0.2, -0.15) is 0 Å². The van der Waals surface area contributed by atoms with Gasteiger partial charge in [0.25, 0.3) is 0 Å². The number of aliphatic carboxylic acids is 1. The molecule has 0 aliphatic carbocycles. The predicted octanol–water partition coefficient (Wildman–Crippen LogP) is 2.26. The molecule has 0 bridgehead atoms. The van der Waals surface area contributed by atoms with E-state index in [1.807, 2.05) is 32.9 Å². The molecule has 1 aromatic carbocycles. The zero-order valence-electron chi connectivity index (χ0n) is 12.0. The Bertz CT molecular complexity index is 549. The smallest absolute Gasteiger partial charge is 0.305 e. The first-order chi connectivity index (χ1) is 9.22. The summed E-state index contributed by atoms with van der Waals surface area (Å²) < 4.78 is 25.9. The van der Waals surface area contributed by atoms with Crippen LogP contribution >= 0.6 is 0 Å². The van der Waals surface area contributed by atoms with Crippen molar-refractivity contribution in [3.63, 3.8) is 0 Å². The van der Waals surface area contributed by atoms with Crippen molar-refractivity contribution < 1.29 is 18.3 Å². The second-order valence-corrected chi connectivity index (χ2v) is 7.16. The Hall–Kier alpha value is -1.56. The molecule has 5 nitrogen and oxygen atoms in total. The van der Waals surface area contributed by atoms with Crippen molar-refractivity contribution in [1.29, 1.82) is 0 Å². The zero-order chi connectivity index (χ0) is 15.3. The summed E-state index contributed by atoms with van der Waals surface area (Å²) in [5.74, 6) is -1.03. The van der Waals surface area contributed by atoms with Crippen LogP contribution in [0.3, 0.4) is 0 Å². The molecule has 112 valence electrons. The highest BCUT2D eigenvalue weighted by molar-refractivity contribution is 7.92. The van der Waals surface area contributed by atoms with Crippen LogP contribution in [0.15, 0.2) is 24.3 Å². The molecular weight excluding hydrogens is 278 g/mol. The summed E-state index contributed by atoms with van der Waals surface area (Å²) in [6.07, 6.45) is -0.217. The van der Waals surface area contributed by atoms with E-state index in [1.165, 1.54) is 4.31 Å². The van der Waals surface area contributed by atoms with Crippen LogP contribution in [0.1, 0.15) is 25.8 Å². The topological polar surface area (TPSA) is 74.7 Å². The molecular formula is C14H21NO4S. The number of nitrogens with zero attached hydrogens (tertiary/aromatic N) is 1. The van der Waals surface area contributed by atoms with E-state index in [9.17, 15) is 13.2 Å². The van der Waals surface area contributed by atoms with Crippen LogP contribution in [0, 0.1) is 12.8 Å². The largest absolute Gasteiger partial charge is 0.481 e. The van der Waals surface area contributed by atoms with Crippen molar-refractivity contribution in [3.05, 3.63) is 29.8 Å². The van der Waals surface area contributed by atoms with E-state index in [4.69, 9.17) is 5.11 Å². The van der Waals surface area contributed by atoms with Crippen molar-refractivity contribution in [2.75, 3.05) is 16.6 Å². The van der Waals surface area contributed by atoms with Gasteiger partial charge in [-0.05, 0) is 25.0 Å². The normalized spacial score (nSPS) is 11.6. The maximum atomic E-state index is 12.4. The molecule has 0 saturated carbocycles. The molecule has 0 saturated heterocycles. The number of carboxylic acid groups (broad SMARTS) is 1. The van der Waals surface area contributed by atoms with Crippen molar-refractivity contribution in [2.24, 2.45) is 5.92 Å². The minimum atomic E-state index is -3.51. The average molecular weight is 299 g/mol.